The highest BCUT2D eigenvalue weighted by Gasteiger charge is 2.21. The Morgan fingerprint density at radius 1 is 1.31 bits per heavy atom. The Labute approximate surface area is 180 Å². The van der Waals surface area contributed by atoms with Crippen LogP contribution in [0.25, 0.3) is 0 Å². The standard InChI is InChI=1S/C20H28N6OS2/c1-4-5-7-17-18(8-6-9-21-17)28-15(2)14-25-10-12-26(13-11-25)20-24-23-19(29-20)22-16(3)27/h6,8-9H,2,4-5,7,10-14H2,1,3H3,(H,22,23,27). The van der Waals surface area contributed by atoms with E-state index in [1.54, 1.807) is 11.8 Å². The fourth-order valence-electron chi connectivity index (χ4n) is 3.13. The normalized spacial score (nSPS) is 14.8. The molecular formula is C20H28N6OS2. The molecule has 1 saturated heterocycles. The van der Waals surface area contributed by atoms with E-state index >= 15 is 0 Å². The molecule has 0 saturated carbocycles. The smallest absolute Gasteiger partial charge is 0.223 e. The molecule has 0 aliphatic carbocycles. The van der Waals surface area contributed by atoms with Crippen LogP contribution in [0.1, 0.15) is 32.4 Å². The Morgan fingerprint density at radius 2 is 2.10 bits per heavy atom. The molecule has 0 spiro atoms. The molecule has 0 radical (unpaired) electrons. The maximum Gasteiger partial charge on any atom is 0.223 e. The molecule has 1 amide bonds. The van der Waals surface area contributed by atoms with E-state index in [1.807, 2.05) is 12.3 Å². The lowest BCUT2D eigenvalue weighted by Gasteiger charge is -2.34. The van der Waals surface area contributed by atoms with E-state index in [0.717, 1.165) is 55.6 Å². The van der Waals surface area contributed by atoms with Gasteiger partial charge in [-0.1, -0.05) is 43.0 Å². The van der Waals surface area contributed by atoms with Crippen molar-refractivity contribution >= 4 is 39.3 Å². The SMILES string of the molecule is C=C(CN1CCN(c2nnc(NC(C)=O)s2)CC1)Sc1cccnc1CCCC. The second-order valence-corrected chi connectivity index (χ2v) is 9.20. The molecule has 1 N–H and O–H groups in total. The van der Waals surface area contributed by atoms with Crippen molar-refractivity contribution in [2.45, 2.75) is 38.0 Å². The van der Waals surface area contributed by atoms with Crippen molar-refractivity contribution in [2.24, 2.45) is 0 Å². The van der Waals surface area contributed by atoms with Crippen LogP contribution in [0.4, 0.5) is 10.3 Å². The van der Waals surface area contributed by atoms with Gasteiger partial charge in [-0.3, -0.25) is 14.7 Å². The highest BCUT2D eigenvalue weighted by atomic mass is 32.2. The largest absolute Gasteiger partial charge is 0.344 e. The first kappa shape index (κ1) is 21.7. The number of piperazine rings is 1. The fraction of sp³-hybridized carbons (Fsp3) is 0.500. The van der Waals surface area contributed by atoms with Crippen molar-refractivity contribution < 1.29 is 4.79 Å². The first-order valence-electron chi connectivity index (χ1n) is 9.93. The van der Waals surface area contributed by atoms with Gasteiger partial charge in [-0.2, -0.15) is 0 Å². The predicted octanol–water partition coefficient (Wildman–Crippen LogP) is 3.66. The lowest BCUT2D eigenvalue weighted by molar-refractivity contribution is -0.114. The summed E-state index contributed by atoms with van der Waals surface area (Å²) in [7, 11) is 0. The molecule has 3 heterocycles. The van der Waals surface area contributed by atoms with Gasteiger partial charge in [0.1, 0.15) is 0 Å². The molecule has 3 rings (SSSR count). The highest BCUT2D eigenvalue weighted by molar-refractivity contribution is 8.03. The van der Waals surface area contributed by atoms with Gasteiger partial charge in [0.15, 0.2) is 0 Å². The maximum absolute atomic E-state index is 11.1. The number of aromatic nitrogens is 3. The summed E-state index contributed by atoms with van der Waals surface area (Å²) < 4.78 is 0. The molecule has 0 bridgehead atoms. The number of carbonyl (C=O) groups excluding carboxylic acids is 1. The number of hydrogen-bond donors (Lipinski definition) is 1. The zero-order chi connectivity index (χ0) is 20.6. The van der Waals surface area contributed by atoms with Crippen LogP contribution in [-0.4, -0.2) is 58.7 Å². The quantitative estimate of drug-likeness (QED) is 0.606. The molecule has 1 aliphatic heterocycles. The van der Waals surface area contributed by atoms with Crippen LogP contribution in [0.15, 0.2) is 34.7 Å². The lowest BCUT2D eigenvalue weighted by atomic mass is 10.2. The van der Waals surface area contributed by atoms with Gasteiger partial charge in [0.2, 0.25) is 16.2 Å². The van der Waals surface area contributed by atoms with E-state index < -0.39 is 0 Å². The van der Waals surface area contributed by atoms with Gasteiger partial charge in [-0.25, -0.2) is 0 Å². The number of amides is 1. The van der Waals surface area contributed by atoms with Crippen molar-refractivity contribution in [1.82, 2.24) is 20.1 Å². The van der Waals surface area contributed by atoms with Crippen LogP contribution in [0.5, 0.6) is 0 Å². The Balaban J connectivity index is 1.47. The summed E-state index contributed by atoms with van der Waals surface area (Å²) in [5, 5.41) is 12.3. The van der Waals surface area contributed by atoms with E-state index in [-0.39, 0.29) is 5.91 Å². The number of hydrogen-bond acceptors (Lipinski definition) is 8. The maximum atomic E-state index is 11.1. The third-order valence-corrected chi connectivity index (χ3v) is 6.52. The summed E-state index contributed by atoms with van der Waals surface area (Å²) in [6.07, 6.45) is 5.23. The highest BCUT2D eigenvalue weighted by Crippen LogP contribution is 2.30. The average Bonchev–Trinajstić information content (AvgIpc) is 3.15. The minimum absolute atomic E-state index is 0.125. The number of unbranched alkanes of at least 4 members (excludes halogenated alkanes) is 1. The molecule has 1 fully saturated rings. The van der Waals surface area contributed by atoms with Crippen LogP contribution in [-0.2, 0) is 11.2 Å². The Bertz CT molecular complexity index is 832. The molecule has 9 heteroatoms. The van der Waals surface area contributed by atoms with Crippen molar-refractivity contribution in [1.29, 1.82) is 0 Å². The zero-order valence-corrected chi connectivity index (χ0v) is 18.7. The number of rotatable bonds is 9. The number of thioether (sulfide) groups is 1. The van der Waals surface area contributed by atoms with Crippen LogP contribution >= 0.6 is 23.1 Å². The molecule has 0 atom stereocenters. The lowest BCUT2D eigenvalue weighted by Crippen LogP contribution is -2.46. The molecule has 0 aromatic carbocycles. The van der Waals surface area contributed by atoms with E-state index in [0.29, 0.717) is 5.13 Å². The number of pyridine rings is 1. The second kappa shape index (κ2) is 10.7. The van der Waals surface area contributed by atoms with Crippen molar-refractivity contribution in [3.8, 4) is 0 Å². The molecule has 156 valence electrons. The molecule has 2 aromatic rings. The van der Waals surface area contributed by atoms with Gasteiger partial charge < -0.3 is 10.2 Å². The summed E-state index contributed by atoms with van der Waals surface area (Å²) in [6, 6.07) is 4.15. The van der Waals surface area contributed by atoms with Crippen LogP contribution in [0, 0.1) is 0 Å². The van der Waals surface area contributed by atoms with E-state index in [2.05, 4.69) is 49.9 Å². The van der Waals surface area contributed by atoms with Gasteiger partial charge in [-0.15, -0.1) is 10.2 Å². The molecule has 29 heavy (non-hydrogen) atoms. The zero-order valence-electron chi connectivity index (χ0n) is 17.1. The second-order valence-electron chi connectivity index (χ2n) is 7.03. The predicted molar refractivity (Wildman–Crippen MR) is 121 cm³/mol. The van der Waals surface area contributed by atoms with Crippen molar-refractivity contribution in [3.63, 3.8) is 0 Å². The third-order valence-electron chi connectivity index (χ3n) is 4.61. The number of nitrogens with zero attached hydrogens (tertiary/aromatic N) is 5. The molecule has 7 nitrogen and oxygen atoms in total. The summed E-state index contributed by atoms with van der Waals surface area (Å²) in [4.78, 5) is 22.7. The molecular weight excluding hydrogens is 404 g/mol. The summed E-state index contributed by atoms with van der Waals surface area (Å²) >= 11 is 3.17. The van der Waals surface area contributed by atoms with Gasteiger partial charge in [-0.05, 0) is 29.9 Å². The number of carbonyl (C=O) groups is 1. The summed E-state index contributed by atoms with van der Waals surface area (Å²) in [6.45, 7) is 12.5. The van der Waals surface area contributed by atoms with Crippen LogP contribution < -0.4 is 10.2 Å². The van der Waals surface area contributed by atoms with E-state index in [9.17, 15) is 4.79 Å². The minimum atomic E-state index is -0.125. The van der Waals surface area contributed by atoms with Crippen LogP contribution in [0.2, 0.25) is 0 Å². The van der Waals surface area contributed by atoms with Gasteiger partial charge in [0.05, 0.1) is 5.69 Å². The van der Waals surface area contributed by atoms with Crippen LogP contribution in [0.3, 0.4) is 0 Å². The van der Waals surface area contributed by atoms with Crippen molar-refractivity contribution in [2.75, 3.05) is 42.9 Å². The summed E-state index contributed by atoms with van der Waals surface area (Å²) in [5.74, 6) is -0.125. The fourth-order valence-corrected chi connectivity index (χ4v) is 4.95. The number of anilines is 2. The van der Waals surface area contributed by atoms with Crippen molar-refractivity contribution in [3.05, 3.63) is 35.5 Å². The average molecular weight is 433 g/mol. The minimum Gasteiger partial charge on any atom is -0.344 e. The van der Waals surface area contributed by atoms with Gasteiger partial charge >= 0.3 is 0 Å². The first-order valence-corrected chi connectivity index (χ1v) is 11.6. The Morgan fingerprint density at radius 3 is 2.83 bits per heavy atom. The molecule has 2 aromatic heterocycles. The summed E-state index contributed by atoms with van der Waals surface area (Å²) in [5.41, 5.74) is 1.18. The number of aryl methyl sites for hydroxylation is 1. The Hall–Kier alpha value is -1.97. The molecule has 1 aliphatic rings. The van der Waals surface area contributed by atoms with E-state index in [4.69, 9.17) is 0 Å². The Kier molecular flexibility index (Phi) is 8.02. The van der Waals surface area contributed by atoms with Gasteiger partial charge in [0, 0.05) is 50.7 Å². The topological polar surface area (TPSA) is 74.2 Å². The first-order chi connectivity index (χ1) is 14.0. The number of nitrogens with one attached hydrogen (secondary N) is 1. The van der Waals surface area contributed by atoms with Gasteiger partial charge in [0.25, 0.3) is 0 Å². The van der Waals surface area contributed by atoms with E-state index in [1.165, 1.54) is 35.3 Å². The monoisotopic (exact) mass is 432 g/mol. The molecule has 0 unspecified atom stereocenters. The third kappa shape index (κ3) is 6.52.